The van der Waals surface area contributed by atoms with Crippen LogP contribution >= 0.6 is 22.6 Å². The minimum atomic E-state index is 0.938. The van der Waals surface area contributed by atoms with Crippen LogP contribution in [-0.4, -0.2) is 21.9 Å². The van der Waals surface area contributed by atoms with E-state index in [1.165, 1.54) is 37.9 Å². The van der Waals surface area contributed by atoms with E-state index >= 15 is 0 Å². The summed E-state index contributed by atoms with van der Waals surface area (Å²) in [6.07, 6.45) is 4.37. The number of hydrogen-bond donors (Lipinski definition) is 0. The van der Waals surface area contributed by atoms with Crippen molar-refractivity contribution in [2.75, 3.05) is 13.1 Å². The van der Waals surface area contributed by atoms with Gasteiger partial charge in [0.2, 0.25) is 0 Å². The summed E-state index contributed by atoms with van der Waals surface area (Å²) in [7, 11) is 0. The number of alkyl halides is 1. The molecule has 2 fully saturated rings. The number of fused-ring (bicyclic) bond motifs is 2. The van der Waals surface area contributed by atoms with E-state index in [1.807, 2.05) is 0 Å². The molecule has 1 nitrogen and oxygen atoms in total. The van der Waals surface area contributed by atoms with Crippen molar-refractivity contribution < 1.29 is 0 Å². The zero-order chi connectivity index (χ0) is 11.7. The largest absolute Gasteiger partial charge is 0.298 e. The maximum Gasteiger partial charge on any atom is 0.0233 e. The Labute approximate surface area is 118 Å². The molecular weight excluding hydrogens is 321 g/mol. The fourth-order valence-electron chi connectivity index (χ4n) is 3.44. The molecule has 1 aliphatic carbocycles. The highest BCUT2D eigenvalue weighted by Crippen LogP contribution is 2.39. The fourth-order valence-corrected chi connectivity index (χ4v) is 4.61. The number of rotatable bonds is 2. The van der Waals surface area contributed by atoms with Crippen LogP contribution in [-0.2, 0) is 6.54 Å². The normalized spacial score (nSPS) is 33.6. The molecule has 0 spiro atoms. The van der Waals surface area contributed by atoms with Gasteiger partial charge in [-0.15, -0.1) is 0 Å². The van der Waals surface area contributed by atoms with E-state index in [1.54, 1.807) is 0 Å². The number of hydrogen-bond acceptors (Lipinski definition) is 1. The predicted octanol–water partition coefficient (Wildman–Crippen LogP) is 3.72. The van der Waals surface area contributed by atoms with Gasteiger partial charge < -0.3 is 0 Å². The molecule has 1 aromatic rings. The molecule has 2 heteroatoms. The molecule has 1 aliphatic heterocycles. The van der Waals surface area contributed by atoms with Crippen LogP contribution in [0.25, 0.3) is 0 Å². The highest BCUT2D eigenvalue weighted by atomic mass is 127. The summed E-state index contributed by atoms with van der Waals surface area (Å²) >= 11 is 2.71. The molecular formula is C15H20IN. The lowest BCUT2D eigenvalue weighted by molar-refractivity contribution is 0.0933. The van der Waals surface area contributed by atoms with Crippen LogP contribution in [0.1, 0.15) is 24.8 Å². The summed E-state index contributed by atoms with van der Waals surface area (Å²) < 4.78 is 0.938. The topological polar surface area (TPSA) is 3.24 Å². The first-order valence-electron chi connectivity index (χ1n) is 6.73. The van der Waals surface area contributed by atoms with Crippen LogP contribution < -0.4 is 0 Å². The van der Waals surface area contributed by atoms with Crippen molar-refractivity contribution in [2.45, 2.75) is 29.7 Å². The molecule has 2 atom stereocenters. The fraction of sp³-hybridized carbons (Fsp3) is 0.600. The molecule has 1 saturated carbocycles. The molecule has 0 aromatic heterocycles. The number of piperidine rings is 1. The second-order valence-corrected chi connectivity index (χ2v) is 7.01. The third-order valence-corrected chi connectivity index (χ3v) is 6.32. The van der Waals surface area contributed by atoms with Gasteiger partial charge in [0.05, 0.1) is 0 Å². The zero-order valence-electron chi connectivity index (χ0n) is 10.2. The lowest BCUT2D eigenvalue weighted by atomic mass is 9.78. The molecule has 1 aromatic carbocycles. The molecule has 0 amide bonds. The van der Waals surface area contributed by atoms with Crippen LogP contribution in [0.5, 0.6) is 0 Å². The summed E-state index contributed by atoms with van der Waals surface area (Å²) in [5.41, 5.74) is 1.47. The van der Waals surface area contributed by atoms with Crippen LogP contribution in [0.15, 0.2) is 30.3 Å². The highest BCUT2D eigenvalue weighted by Gasteiger charge is 2.37. The van der Waals surface area contributed by atoms with Gasteiger partial charge in [-0.05, 0) is 30.2 Å². The van der Waals surface area contributed by atoms with Crippen LogP contribution in [0.4, 0.5) is 0 Å². The van der Waals surface area contributed by atoms with Crippen molar-refractivity contribution in [1.82, 2.24) is 4.90 Å². The van der Waals surface area contributed by atoms with Gasteiger partial charge in [0.25, 0.3) is 0 Å². The maximum atomic E-state index is 2.71. The average Bonchev–Trinajstić information content (AvgIpc) is 2.32. The minimum Gasteiger partial charge on any atom is -0.298 e. The second-order valence-electron chi connectivity index (χ2n) is 5.58. The van der Waals surface area contributed by atoms with Crippen molar-refractivity contribution in [3.63, 3.8) is 0 Å². The van der Waals surface area contributed by atoms with Crippen LogP contribution in [0, 0.1) is 11.8 Å². The van der Waals surface area contributed by atoms with E-state index in [0.717, 1.165) is 22.3 Å². The molecule has 2 bridgehead atoms. The van der Waals surface area contributed by atoms with Gasteiger partial charge in [-0.3, -0.25) is 4.90 Å². The lowest BCUT2D eigenvalue weighted by Crippen LogP contribution is -2.48. The molecule has 0 N–H and O–H groups in total. The maximum absolute atomic E-state index is 2.71. The van der Waals surface area contributed by atoms with Crippen molar-refractivity contribution in [1.29, 1.82) is 0 Å². The monoisotopic (exact) mass is 341 g/mol. The molecule has 3 rings (SSSR count). The number of likely N-dealkylation sites (tertiary alicyclic amines) is 1. The first kappa shape index (κ1) is 12.0. The quantitative estimate of drug-likeness (QED) is 0.585. The summed E-state index contributed by atoms with van der Waals surface area (Å²) in [6.45, 7) is 3.79. The van der Waals surface area contributed by atoms with Gasteiger partial charge in [-0.25, -0.2) is 0 Å². The summed E-state index contributed by atoms with van der Waals surface area (Å²) in [5.74, 6) is 1.90. The van der Waals surface area contributed by atoms with Crippen LogP contribution in [0.3, 0.4) is 0 Å². The minimum absolute atomic E-state index is 0.938. The Bertz CT molecular complexity index is 350. The van der Waals surface area contributed by atoms with Crippen LogP contribution in [0.2, 0.25) is 0 Å². The smallest absolute Gasteiger partial charge is 0.0233 e. The third kappa shape index (κ3) is 2.68. The van der Waals surface area contributed by atoms with E-state index in [9.17, 15) is 0 Å². The van der Waals surface area contributed by atoms with Gasteiger partial charge in [0.1, 0.15) is 0 Å². The van der Waals surface area contributed by atoms with Crippen molar-refractivity contribution >= 4 is 22.6 Å². The second kappa shape index (κ2) is 5.27. The Morgan fingerprint density at radius 1 is 1.06 bits per heavy atom. The Balaban J connectivity index is 1.66. The van der Waals surface area contributed by atoms with E-state index < -0.39 is 0 Å². The highest BCUT2D eigenvalue weighted by molar-refractivity contribution is 14.1. The Morgan fingerprint density at radius 3 is 2.35 bits per heavy atom. The number of benzene rings is 1. The Kier molecular flexibility index (Phi) is 3.71. The SMILES string of the molecule is IC1C2CCCC1CN(Cc1ccccc1)C2. The third-order valence-electron chi connectivity index (χ3n) is 4.28. The van der Waals surface area contributed by atoms with Crippen molar-refractivity contribution in [2.24, 2.45) is 11.8 Å². The molecule has 0 radical (unpaired) electrons. The number of nitrogens with zero attached hydrogens (tertiary/aromatic N) is 1. The average molecular weight is 341 g/mol. The molecule has 1 saturated heterocycles. The molecule has 2 aliphatic rings. The van der Waals surface area contributed by atoms with E-state index in [-0.39, 0.29) is 0 Å². The Hall–Kier alpha value is -0.0900. The molecule has 2 unspecified atom stereocenters. The van der Waals surface area contributed by atoms with E-state index in [2.05, 4.69) is 57.8 Å². The van der Waals surface area contributed by atoms with E-state index in [0.29, 0.717) is 0 Å². The summed E-state index contributed by atoms with van der Waals surface area (Å²) in [6, 6.07) is 10.9. The zero-order valence-corrected chi connectivity index (χ0v) is 12.3. The predicted molar refractivity (Wildman–Crippen MR) is 80.4 cm³/mol. The summed E-state index contributed by atoms with van der Waals surface area (Å²) in [4.78, 5) is 2.68. The van der Waals surface area contributed by atoms with Gasteiger partial charge >= 0.3 is 0 Å². The Morgan fingerprint density at radius 2 is 1.71 bits per heavy atom. The lowest BCUT2D eigenvalue weighted by Gasteiger charge is -2.45. The van der Waals surface area contributed by atoms with E-state index in [4.69, 9.17) is 0 Å². The van der Waals surface area contributed by atoms with Crippen molar-refractivity contribution in [3.8, 4) is 0 Å². The van der Waals surface area contributed by atoms with Gasteiger partial charge in [-0.1, -0.05) is 59.3 Å². The molecule has 92 valence electrons. The standard InChI is InChI=1S/C15H20IN/c16-15-13-7-4-8-14(15)11-17(10-13)9-12-5-2-1-3-6-12/h1-3,5-6,13-15H,4,7-11H2. The van der Waals surface area contributed by atoms with Gasteiger partial charge in [0.15, 0.2) is 0 Å². The first-order valence-corrected chi connectivity index (χ1v) is 7.98. The van der Waals surface area contributed by atoms with Crippen molar-refractivity contribution in [3.05, 3.63) is 35.9 Å². The first-order chi connectivity index (χ1) is 8.33. The molecule has 17 heavy (non-hydrogen) atoms. The van der Waals surface area contributed by atoms with Gasteiger partial charge in [0, 0.05) is 23.6 Å². The van der Waals surface area contributed by atoms with Gasteiger partial charge in [-0.2, -0.15) is 0 Å². The molecule has 1 heterocycles. The summed E-state index contributed by atoms with van der Waals surface area (Å²) in [5, 5.41) is 0. The number of halogens is 1.